The maximum atomic E-state index is 12.4. The normalized spacial score (nSPS) is 18.4. The van der Waals surface area contributed by atoms with Crippen LogP contribution in [0.25, 0.3) is 0 Å². The number of carbonyl (C=O) groups is 2. The molecular weight excluding hydrogens is 368 g/mol. The molecule has 1 aliphatic heterocycles. The SMILES string of the molecule is COC(=O)C1(Cc2ccccc2)CC(CNC(=O)c2ccc(Cl)cc2)=NO1. The van der Waals surface area contributed by atoms with Gasteiger partial charge >= 0.3 is 5.97 Å². The Morgan fingerprint density at radius 2 is 1.89 bits per heavy atom. The molecule has 0 saturated heterocycles. The van der Waals surface area contributed by atoms with Crippen molar-refractivity contribution in [1.82, 2.24) is 5.32 Å². The summed E-state index contributed by atoms with van der Waals surface area (Å²) in [7, 11) is 1.32. The lowest BCUT2D eigenvalue weighted by Crippen LogP contribution is -2.43. The van der Waals surface area contributed by atoms with Crippen molar-refractivity contribution in [1.29, 1.82) is 0 Å². The number of rotatable bonds is 6. The van der Waals surface area contributed by atoms with Gasteiger partial charge in [-0.2, -0.15) is 0 Å². The summed E-state index contributed by atoms with van der Waals surface area (Å²) in [6, 6.07) is 16.1. The zero-order valence-electron chi connectivity index (χ0n) is 14.8. The molecular formula is C20H19ClN2O4. The van der Waals surface area contributed by atoms with Gasteiger partial charge in [-0.1, -0.05) is 47.1 Å². The van der Waals surface area contributed by atoms with E-state index in [9.17, 15) is 9.59 Å². The Bertz CT molecular complexity index is 852. The first-order valence-corrected chi connectivity index (χ1v) is 8.80. The Hall–Kier alpha value is -2.86. The van der Waals surface area contributed by atoms with E-state index in [1.165, 1.54) is 7.11 Å². The first kappa shape index (κ1) is 18.9. The molecule has 1 unspecified atom stereocenters. The first-order chi connectivity index (χ1) is 13.0. The lowest BCUT2D eigenvalue weighted by molar-refractivity contribution is -0.166. The number of esters is 1. The highest BCUT2D eigenvalue weighted by molar-refractivity contribution is 6.30. The second-order valence-electron chi connectivity index (χ2n) is 6.26. The summed E-state index contributed by atoms with van der Waals surface area (Å²) >= 11 is 5.83. The Labute approximate surface area is 162 Å². The number of oxime groups is 1. The van der Waals surface area contributed by atoms with Crippen molar-refractivity contribution < 1.29 is 19.2 Å². The highest BCUT2D eigenvalue weighted by atomic mass is 35.5. The maximum absolute atomic E-state index is 12.4. The van der Waals surface area contributed by atoms with E-state index in [1.807, 2.05) is 30.3 Å². The van der Waals surface area contributed by atoms with Crippen LogP contribution in [0.1, 0.15) is 22.3 Å². The van der Waals surface area contributed by atoms with Crippen LogP contribution in [-0.4, -0.2) is 36.8 Å². The van der Waals surface area contributed by atoms with Gasteiger partial charge in [0.2, 0.25) is 5.60 Å². The maximum Gasteiger partial charge on any atom is 0.353 e. The molecule has 2 aromatic rings. The second kappa shape index (κ2) is 8.22. The minimum absolute atomic E-state index is 0.176. The molecule has 3 rings (SSSR count). The fraction of sp³-hybridized carbons (Fsp3) is 0.250. The molecule has 6 nitrogen and oxygen atoms in total. The van der Waals surface area contributed by atoms with E-state index in [-0.39, 0.29) is 18.9 Å². The third-order valence-corrected chi connectivity index (χ3v) is 4.54. The lowest BCUT2D eigenvalue weighted by atomic mass is 9.89. The first-order valence-electron chi connectivity index (χ1n) is 8.42. The van der Waals surface area contributed by atoms with E-state index < -0.39 is 11.6 Å². The smallest absolute Gasteiger partial charge is 0.353 e. The number of nitrogens with one attached hydrogen (secondary N) is 1. The highest BCUT2D eigenvalue weighted by Crippen LogP contribution is 2.29. The molecule has 1 atom stereocenters. The van der Waals surface area contributed by atoms with Gasteiger partial charge in [0.05, 0.1) is 19.4 Å². The van der Waals surface area contributed by atoms with Crippen LogP contribution in [0.5, 0.6) is 0 Å². The molecule has 0 aromatic heterocycles. The summed E-state index contributed by atoms with van der Waals surface area (Å²) in [4.78, 5) is 30.1. The monoisotopic (exact) mass is 386 g/mol. The number of benzene rings is 2. The topological polar surface area (TPSA) is 77.0 Å². The number of hydrogen-bond donors (Lipinski definition) is 1. The van der Waals surface area contributed by atoms with Crippen molar-refractivity contribution in [2.45, 2.75) is 18.4 Å². The average molecular weight is 387 g/mol. The van der Waals surface area contributed by atoms with Crippen LogP contribution in [0.15, 0.2) is 59.8 Å². The third kappa shape index (κ3) is 4.46. The molecule has 2 aromatic carbocycles. The summed E-state index contributed by atoms with van der Waals surface area (Å²) in [6.45, 7) is 0.176. The lowest BCUT2D eigenvalue weighted by Gasteiger charge is -2.23. The molecule has 140 valence electrons. The number of nitrogens with zero attached hydrogens (tertiary/aromatic N) is 1. The summed E-state index contributed by atoms with van der Waals surface area (Å²) in [5.74, 6) is -0.748. The Balaban J connectivity index is 1.64. The molecule has 0 fully saturated rings. The van der Waals surface area contributed by atoms with Crippen molar-refractivity contribution in [2.75, 3.05) is 13.7 Å². The van der Waals surface area contributed by atoms with Crippen LogP contribution in [0.2, 0.25) is 5.02 Å². The van der Waals surface area contributed by atoms with Crippen molar-refractivity contribution in [2.24, 2.45) is 5.16 Å². The molecule has 1 amide bonds. The van der Waals surface area contributed by atoms with Crippen molar-refractivity contribution in [3.05, 3.63) is 70.7 Å². The van der Waals surface area contributed by atoms with Gasteiger partial charge in [0.25, 0.3) is 5.91 Å². The van der Waals surface area contributed by atoms with Crippen LogP contribution in [0.3, 0.4) is 0 Å². The predicted octanol–water partition coefficient (Wildman–Crippen LogP) is 3.00. The van der Waals surface area contributed by atoms with Crippen molar-refractivity contribution in [3.8, 4) is 0 Å². The largest absolute Gasteiger partial charge is 0.466 e. The molecule has 1 aliphatic rings. The molecule has 0 radical (unpaired) electrons. The molecule has 0 aliphatic carbocycles. The van der Waals surface area contributed by atoms with E-state index in [0.717, 1.165) is 5.56 Å². The molecule has 0 bridgehead atoms. The Kier molecular flexibility index (Phi) is 5.76. The third-order valence-electron chi connectivity index (χ3n) is 4.29. The minimum atomic E-state index is -1.21. The van der Waals surface area contributed by atoms with E-state index in [2.05, 4.69) is 10.5 Å². The van der Waals surface area contributed by atoms with E-state index in [0.29, 0.717) is 22.7 Å². The molecule has 1 heterocycles. The van der Waals surface area contributed by atoms with Crippen LogP contribution in [-0.2, 0) is 20.8 Å². The van der Waals surface area contributed by atoms with Gasteiger partial charge in [0, 0.05) is 23.4 Å². The number of amides is 1. The van der Waals surface area contributed by atoms with Crippen LogP contribution in [0, 0.1) is 0 Å². The fourth-order valence-electron chi connectivity index (χ4n) is 2.91. The fourth-order valence-corrected chi connectivity index (χ4v) is 3.04. The number of carbonyl (C=O) groups excluding carboxylic acids is 2. The van der Waals surface area contributed by atoms with E-state index in [4.69, 9.17) is 21.2 Å². The number of methoxy groups -OCH3 is 1. The van der Waals surface area contributed by atoms with Gasteiger partial charge in [0.15, 0.2) is 0 Å². The highest BCUT2D eigenvalue weighted by Gasteiger charge is 2.47. The van der Waals surface area contributed by atoms with Gasteiger partial charge in [-0.15, -0.1) is 0 Å². The minimum Gasteiger partial charge on any atom is -0.466 e. The molecule has 0 spiro atoms. The van der Waals surface area contributed by atoms with Gasteiger partial charge in [-0.3, -0.25) is 4.79 Å². The Morgan fingerprint density at radius 3 is 2.56 bits per heavy atom. The summed E-state index contributed by atoms with van der Waals surface area (Å²) in [5.41, 5.74) is 0.779. The zero-order chi connectivity index (χ0) is 19.3. The van der Waals surface area contributed by atoms with Crippen LogP contribution in [0.4, 0.5) is 0 Å². The summed E-state index contributed by atoms with van der Waals surface area (Å²) in [6.07, 6.45) is 0.577. The standard InChI is InChI=1S/C20H19ClN2O4/c1-26-19(25)20(11-14-5-3-2-4-6-14)12-17(23-27-20)13-22-18(24)15-7-9-16(21)10-8-15/h2-10H,11-13H2,1H3,(H,22,24). The van der Waals surface area contributed by atoms with Crippen molar-refractivity contribution >= 4 is 29.2 Å². The van der Waals surface area contributed by atoms with Gasteiger partial charge < -0.3 is 14.9 Å². The number of hydrogen-bond acceptors (Lipinski definition) is 5. The van der Waals surface area contributed by atoms with Gasteiger partial charge in [-0.25, -0.2) is 4.79 Å². The van der Waals surface area contributed by atoms with Gasteiger partial charge in [-0.05, 0) is 29.8 Å². The molecule has 27 heavy (non-hydrogen) atoms. The zero-order valence-corrected chi connectivity index (χ0v) is 15.5. The van der Waals surface area contributed by atoms with E-state index in [1.54, 1.807) is 24.3 Å². The second-order valence-corrected chi connectivity index (χ2v) is 6.70. The number of halogens is 1. The van der Waals surface area contributed by atoms with Crippen LogP contribution >= 0.6 is 11.6 Å². The quantitative estimate of drug-likeness (QED) is 0.774. The molecule has 7 heteroatoms. The predicted molar refractivity (Wildman–Crippen MR) is 102 cm³/mol. The number of ether oxygens (including phenoxy) is 1. The van der Waals surface area contributed by atoms with Crippen LogP contribution < -0.4 is 5.32 Å². The summed E-state index contributed by atoms with van der Waals surface area (Å²) < 4.78 is 4.93. The van der Waals surface area contributed by atoms with Crippen molar-refractivity contribution in [3.63, 3.8) is 0 Å². The summed E-state index contributed by atoms with van der Waals surface area (Å²) in [5, 5.41) is 7.35. The average Bonchev–Trinajstić information content (AvgIpc) is 3.11. The van der Waals surface area contributed by atoms with E-state index >= 15 is 0 Å². The van der Waals surface area contributed by atoms with Gasteiger partial charge in [0.1, 0.15) is 0 Å². The Morgan fingerprint density at radius 1 is 1.19 bits per heavy atom. The molecule has 1 N–H and O–H groups in total. The molecule has 0 saturated carbocycles.